The molecule has 2 aromatic carbocycles. The second kappa shape index (κ2) is 6.52. The summed E-state index contributed by atoms with van der Waals surface area (Å²) in [5.41, 5.74) is 11.3. The molecule has 0 saturated heterocycles. The molecule has 118 valence electrons. The van der Waals surface area contributed by atoms with Crippen LogP contribution < -0.4 is 10.5 Å². The minimum absolute atomic E-state index is 0.512. The van der Waals surface area contributed by atoms with Crippen LogP contribution in [-0.4, -0.2) is 12.1 Å². The van der Waals surface area contributed by atoms with Crippen molar-refractivity contribution in [3.8, 4) is 27.6 Å². The van der Waals surface area contributed by atoms with E-state index in [1.165, 1.54) is 10.4 Å². The second-order valence-electron chi connectivity index (χ2n) is 5.49. The summed E-state index contributed by atoms with van der Waals surface area (Å²) < 4.78 is 5.51. The van der Waals surface area contributed by atoms with Crippen LogP contribution in [0, 0.1) is 13.8 Å². The van der Waals surface area contributed by atoms with E-state index in [9.17, 15) is 0 Å². The normalized spacial score (nSPS) is 10.8. The SMILES string of the molecule is COc1ccc(C)cc1-c1nc(-c2ccccc2CN)sc1C. The lowest BCUT2D eigenvalue weighted by atomic mass is 10.1. The van der Waals surface area contributed by atoms with Crippen LogP contribution in [0.3, 0.4) is 0 Å². The summed E-state index contributed by atoms with van der Waals surface area (Å²) in [5.74, 6) is 0.850. The molecule has 1 aromatic heterocycles. The van der Waals surface area contributed by atoms with E-state index < -0.39 is 0 Å². The Kier molecular flexibility index (Phi) is 4.46. The molecule has 1 heterocycles. The van der Waals surface area contributed by atoms with Crippen LogP contribution in [0.5, 0.6) is 5.75 Å². The lowest BCUT2D eigenvalue weighted by molar-refractivity contribution is 0.416. The first-order chi connectivity index (χ1) is 11.1. The lowest BCUT2D eigenvalue weighted by Gasteiger charge is -2.08. The standard InChI is InChI=1S/C19H20N2OS/c1-12-8-9-17(22-3)16(10-12)18-13(2)23-19(21-18)15-7-5-4-6-14(15)11-20/h4-10H,11,20H2,1-3H3. The molecule has 0 radical (unpaired) electrons. The largest absolute Gasteiger partial charge is 0.496 e. The number of thiazole rings is 1. The minimum atomic E-state index is 0.512. The summed E-state index contributed by atoms with van der Waals surface area (Å²) in [6.45, 7) is 4.69. The lowest BCUT2D eigenvalue weighted by Crippen LogP contribution is -1.98. The highest BCUT2D eigenvalue weighted by Gasteiger charge is 2.16. The van der Waals surface area contributed by atoms with Gasteiger partial charge in [0.05, 0.1) is 12.8 Å². The highest BCUT2D eigenvalue weighted by atomic mass is 32.1. The molecule has 0 amide bonds. The molecule has 2 N–H and O–H groups in total. The molecule has 4 heteroatoms. The first kappa shape index (κ1) is 15.7. The number of aryl methyl sites for hydroxylation is 2. The molecular weight excluding hydrogens is 304 g/mol. The van der Waals surface area contributed by atoms with Crippen LogP contribution in [-0.2, 0) is 6.54 Å². The van der Waals surface area contributed by atoms with Gasteiger partial charge < -0.3 is 10.5 Å². The fourth-order valence-electron chi connectivity index (χ4n) is 2.68. The monoisotopic (exact) mass is 324 g/mol. The van der Waals surface area contributed by atoms with Crippen molar-refractivity contribution in [2.75, 3.05) is 7.11 Å². The first-order valence-corrected chi connectivity index (χ1v) is 8.36. The van der Waals surface area contributed by atoms with Crippen LogP contribution >= 0.6 is 11.3 Å². The van der Waals surface area contributed by atoms with Crippen molar-refractivity contribution in [1.82, 2.24) is 4.98 Å². The number of nitrogens with zero attached hydrogens (tertiary/aromatic N) is 1. The van der Waals surface area contributed by atoms with E-state index in [0.29, 0.717) is 6.54 Å². The van der Waals surface area contributed by atoms with E-state index >= 15 is 0 Å². The van der Waals surface area contributed by atoms with E-state index in [-0.39, 0.29) is 0 Å². The Balaban J connectivity index is 2.14. The third kappa shape index (κ3) is 3.00. The van der Waals surface area contributed by atoms with Crippen molar-refractivity contribution in [3.05, 3.63) is 58.5 Å². The molecule has 0 bridgehead atoms. The maximum absolute atomic E-state index is 5.87. The summed E-state index contributed by atoms with van der Waals surface area (Å²) >= 11 is 1.69. The predicted molar refractivity (Wildman–Crippen MR) is 96.9 cm³/mol. The van der Waals surface area contributed by atoms with Gasteiger partial charge in [-0.2, -0.15) is 0 Å². The highest BCUT2D eigenvalue weighted by Crippen LogP contribution is 2.38. The summed E-state index contributed by atoms with van der Waals surface area (Å²) in [4.78, 5) is 6.07. The van der Waals surface area contributed by atoms with Crippen molar-refractivity contribution < 1.29 is 4.74 Å². The Hall–Kier alpha value is -2.17. The Morgan fingerprint density at radius 2 is 1.87 bits per heavy atom. The van der Waals surface area contributed by atoms with E-state index in [1.54, 1.807) is 18.4 Å². The van der Waals surface area contributed by atoms with Gasteiger partial charge >= 0.3 is 0 Å². The van der Waals surface area contributed by atoms with Gasteiger partial charge in [0.2, 0.25) is 0 Å². The molecule has 3 nitrogen and oxygen atoms in total. The topological polar surface area (TPSA) is 48.1 Å². The van der Waals surface area contributed by atoms with Crippen molar-refractivity contribution in [2.45, 2.75) is 20.4 Å². The van der Waals surface area contributed by atoms with Gasteiger partial charge in [0.1, 0.15) is 10.8 Å². The zero-order valence-corrected chi connectivity index (χ0v) is 14.4. The summed E-state index contributed by atoms with van der Waals surface area (Å²) in [6.07, 6.45) is 0. The zero-order valence-electron chi connectivity index (χ0n) is 13.6. The number of hydrogen-bond acceptors (Lipinski definition) is 4. The van der Waals surface area contributed by atoms with Crippen LogP contribution in [0.1, 0.15) is 16.0 Å². The van der Waals surface area contributed by atoms with E-state index in [1.807, 2.05) is 18.2 Å². The average molecular weight is 324 g/mol. The number of rotatable bonds is 4. The van der Waals surface area contributed by atoms with Crippen molar-refractivity contribution in [3.63, 3.8) is 0 Å². The maximum Gasteiger partial charge on any atom is 0.128 e. The third-order valence-corrected chi connectivity index (χ3v) is 4.88. The summed E-state index contributed by atoms with van der Waals surface area (Å²) in [7, 11) is 1.69. The maximum atomic E-state index is 5.87. The highest BCUT2D eigenvalue weighted by molar-refractivity contribution is 7.15. The van der Waals surface area contributed by atoms with Gasteiger partial charge in [-0.1, -0.05) is 35.9 Å². The number of methoxy groups -OCH3 is 1. The van der Waals surface area contributed by atoms with Gasteiger partial charge in [0.15, 0.2) is 0 Å². The van der Waals surface area contributed by atoms with Gasteiger partial charge in [-0.3, -0.25) is 0 Å². The molecule has 0 aliphatic rings. The van der Waals surface area contributed by atoms with Crippen LogP contribution in [0.2, 0.25) is 0 Å². The Morgan fingerprint density at radius 1 is 1.09 bits per heavy atom. The average Bonchev–Trinajstić information content (AvgIpc) is 2.96. The van der Waals surface area contributed by atoms with Crippen LogP contribution in [0.4, 0.5) is 0 Å². The number of hydrogen-bond donors (Lipinski definition) is 1. The Labute approximate surface area is 140 Å². The molecule has 0 atom stereocenters. The molecule has 3 rings (SSSR count). The fraction of sp³-hybridized carbons (Fsp3) is 0.211. The molecule has 0 unspecified atom stereocenters. The van der Waals surface area contributed by atoms with Crippen LogP contribution in [0.15, 0.2) is 42.5 Å². The van der Waals surface area contributed by atoms with Gasteiger partial charge in [-0.05, 0) is 31.5 Å². The molecule has 0 fully saturated rings. The molecular formula is C19H20N2OS. The fourth-order valence-corrected chi connectivity index (χ4v) is 3.66. The second-order valence-corrected chi connectivity index (χ2v) is 6.69. The van der Waals surface area contributed by atoms with E-state index in [4.69, 9.17) is 15.5 Å². The molecule has 23 heavy (non-hydrogen) atoms. The molecule has 3 aromatic rings. The molecule has 0 aliphatic carbocycles. The number of ether oxygens (including phenoxy) is 1. The van der Waals surface area contributed by atoms with Gasteiger partial charge in [-0.15, -0.1) is 11.3 Å². The Bertz CT molecular complexity index is 839. The first-order valence-electron chi connectivity index (χ1n) is 7.55. The molecule has 0 saturated carbocycles. The number of nitrogens with two attached hydrogens (primary N) is 1. The number of benzene rings is 2. The third-order valence-electron chi connectivity index (χ3n) is 3.87. The van der Waals surface area contributed by atoms with Gasteiger partial charge in [0.25, 0.3) is 0 Å². The summed E-state index contributed by atoms with van der Waals surface area (Å²) in [5, 5.41) is 1.00. The minimum Gasteiger partial charge on any atom is -0.496 e. The number of aromatic nitrogens is 1. The van der Waals surface area contributed by atoms with E-state index in [0.717, 1.165) is 33.1 Å². The van der Waals surface area contributed by atoms with Gasteiger partial charge in [0, 0.05) is 22.5 Å². The zero-order chi connectivity index (χ0) is 16.4. The Morgan fingerprint density at radius 3 is 2.61 bits per heavy atom. The van der Waals surface area contributed by atoms with Gasteiger partial charge in [-0.25, -0.2) is 4.98 Å². The predicted octanol–water partition coefficient (Wildman–Crippen LogP) is 4.56. The van der Waals surface area contributed by atoms with Crippen LogP contribution in [0.25, 0.3) is 21.8 Å². The van der Waals surface area contributed by atoms with Crippen molar-refractivity contribution in [2.24, 2.45) is 5.73 Å². The quantitative estimate of drug-likeness (QED) is 0.765. The van der Waals surface area contributed by atoms with Crippen molar-refractivity contribution >= 4 is 11.3 Å². The van der Waals surface area contributed by atoms with Crippen molar-refractivity contribution in [1.29, 1.82) is 0 Å². The van der Waals surface area contributed by atoms with E-state index in [2.05, 4.69) is 38.1 Å². The molecule has 0 spiro atoms. The smallest absolute Gasteiger partial charge is 0.128 e. The summed E-state index contributed by atoms with van der Waals surface area (Å²) in [6, 6.07) is 14.3. The molecule has 0 aliphatic heterocycles.